The summed E-state index contributed by atoms with van der Waals surface area (Å²) in [4.78, 5) is 16.6. The van der Waals surface area contributed by atoms with Crippen molar-refractivity contribution in [1.82, 2.24) is 15.1 Å². The van der Waals surface area contributed by atoms with Gasteiger partial charge in [0.05, 0.1) is 13.0 Å². The van der Waals surface area contributed by atoms with Crippen LogP contribution in [0.25, 0.3) is 0 Å². The van der Waals surface area contributed by atoms with E-state index in [-0.39, 0.29) is 42.5 Å². The molecule has 25 heavy (non-hydrogen) atoms. The number of rotatable bonds is 4. The van der Waals surface area contributed by atoms with E-state index in [0.29, 0.717) is 12.3 Å². The molecular weight excluding hydrogens is 368 g/mol. The van der Waals surface area contributed by atoms with E-state index in [2.05, 4.69) is 10.2 Å². The molecule has 5 nitrogen and oxygen atoms in total. The van der Waals surface area contributed by atoms with Gasteiger partial charge in [-0.15, -0.1) is 24.8 Å². The Labute approximate surface area is 160 Å². The first-order chi connectivity index (χ1) is 11.2. The van der Waals surface area contributed by atoms with E-state index in [9.17, 15) is 9.18 Å². The van der Waals surface area contributed by atoms with Crippen LogP contribution >= 0.6 is 24.8 Å². The molecule has 2 aliphatic heterocycles. The molecule has 0 spiro atoms. The van der Waals surface area contributed by atoms with Crippen LogP contribution in [-0.2, 0) is 11.3 Å². The Hall–Kier alpha value is -1.08. The summed E-state index contributed by atoms with van der Waals surface area (Å²) in [6, 6.07) is 4.60. The van der Waals surface area contributed by atoms with Crippen molar-refractivity contribution in [2.45, 2.75) is 13.0 Å². The zero-order valence-electron chi connectivity index (χ0n) is 14.4. The fourth-order valence-electron chi connectivity index (χ4n) is 3.36. The molecular formula is C17H26Cl2FN3O2. The normalized spacial score (nSPS) is 20.6. The molecule has 3 rings (SSSR count). The maximum atomic E-state index is 13.4. The number of nitrogens with one attached hydrogen (secondary N) is 1. The highest BCUT2D eigenvalue weighted by Gasteiger charge is 2.29. The number of ether oxygens (including phenoxy) is 1. The Morgan fingerprint density at radius 2 is 2.00 bits per heavy atom. The van der Waals surface area contributed by atoms with E-state index >= 15 is 0 Å². The number of nitrogens with zero attached hydrogens (tertiary/aromatic N) is 2. The SMILES string of the molecule is COc1ccc(F)cc1CN1CCN(C(=O)C2CCNC2)CC1.Cl.Cl. The quantitative estimate of drug-likeness (QED) is 0.848. The van der Waals surface area contributed by atoms with Crippen molar-refractivity contribution in [3.63, 3.8) is 0 Å². The van der Waals surface area contributed by atoms with Crippen LogP contribution in [0.3, 0.4) is 0 Å². The molecule has 0 aromatic heterocycles. The number of methoxy groups -OCH3 is 1. The maximum Gasteiger partial charge on any atom is 0.227 e. The van der Waals surface area contributed by atoms with Crippen LogP contribution in [0, 0.1) is 11.7 Å². The lowest BCUT2D eigenvalue weighted by Crippen LogP contribution is -2.50. The maximum absolute atomic E-state index is 13.4. The van der Waals surface area contributed by atoms with Crippen LogP contribution in [0.4, 0.5) is 4.39 Å². The predicted molar refractivity (Wildman–Crippen MR) is 100 cm³/mol. The van der Waals surface area contributed by atoms with Gasteiger partial charge in [0.2, 0.25) is 5.91 Å². The minimum Gasteiger partial charge on any atom is -0.496 e. The lowest BCUT2D eigenvalue weighted by atomic mass is 10.1. The average Bonchev–Trinajstić information content (AvgIpc) is 3.10. The van der Waals surface area contributed by atoms with Crippen LogP contribution in [0.2, 0.25) is 0 Å². The molecule has 2 fully saturated rings. The molecule has 0 saturated carbocycles. The van der Waals surface area contributed by atoms with Gasteiger partial charge in [-0.25, -0.2) is 4.39 Å². The summed E-state index contributed by atoms with van der Waals surface area (Å²) < 4.78 is 18.7. The van der Waals surface area contributed by atoms with Crippen LogP contribution in [0.15, 0.2) is 18.2 Å². The minimum atomic E-state index is -0.247. The number of amides is 1. The summed E-state index contributed by atoms with van der Waals surface area (Å²) in [5.41, 5.74) is 0.854. The number of hydrogen-bond donors (Lipinski definition) is 1. The molecule has 2 aliphatic rings. The smallest absolute Gasteiger partial charge is 0.227 e. The highest BCUT2D eigenvalue weighted by molar-refractivity contribution is 5.85. The molecule has 1 atom stereocenters. The van der Waals surface area contributed by atoms with Crippen LogP contribution in [0.1, 0.15) is 12.0 Å². The largest absolute Gasteiger partial charge is 0.496 e. The number of benzene rings is 1. The minimum absolute atomic E-state index is 0. The molecule has 2 heterocycles. The lowest BCUT2D eigenvalue weighted by Gasteiger charge is -2.36. The van der Waals surface area contributed by atoms with Gasteiger partial charge in [-0.3, -0.25) is 9.69 Å². The molecule has 0 aliphatic carbocycles. The van der Waals surface area contributed by atoms with Gasteiger partial charge in [0.25, 0.3) is 0 Å². The van der Waals surface area contributed by atoms with Gasteiger partial charge < -0.3 is 15.0 Å². The van der Waals surface area contributed by atoms with Gasteiger partial charge in [-0.05, 0) is 31.2 Å². The van der Waals surface area contributed by atoms with Crippen molar-refractivity contribution >= 4 is 30.7 Å². The van der Waals surface area contributed by atoms with Crippen molar-refractivity contribution in [3.05, 3.63) is 29.6 Å². The molecule has 142 valence electrons. The van der Waals surface area contributed by atoms with E-state index in [1.807, 2.05) is 4.90 Å². The van der Waals surface area contributed by atoms with E-state index in [4.69, 9.17) is 4.74 Å². The molecule has 8 heteroatoms. The van der Waals surface area contributed by atoms with E-state index in [0.717, 1.165) is 51.3 Å². The number of carbonyl (C=O) groups excluding carboxylic acids is 1. The predicted octanol–water partition coefficient (Wildman–Crippen LogP) is 1.93. The van der Waals surface area contributed by atoms with Crippen molar-refractivity contribution in [2.75, 3.05) is 46.4 Å². The Morgan fingerprint density at radius 1 is 1.28 bits per heavy atom. The van der Waals surface area contributed by atoms with E-state index in [1.165, 1.54) is 12.1 Å². The first-order valence-corrected chi connectivity index (χ1v) is 8.21. The standard InChI is InChI=1S/C17H24FN3O2.2ClH/c1-23-16-3-2-15(18)10-14(16)12-20-6-8-21(9-7-20)17(22)13-4-5-19-11-13;;/h2-3,10,13,19H,4-9,11-12H2,1H3;2*1H. The Morgan fingerprint density at radius 3 is 2.60 bits per heavy atom. The fourth-order valence-corrected chi connectivity index (χ4v) is 3.36. The molecule has 0 radical (unpaired) electrons. The molecule has 1 unspecified atom stereocenters. The molecule has 2 saturated heterocycles. The zero-order valence-corrected chi connectivity index (χ0v) is 16.0. The van der Waals surface area contributed by atoms with Crippen molar-refractivity contribution in [3.8, 4) is 5.75 Å². The van der Waals surface area contributed by atoms with E-state index in [1.54, 1.807) is 13.2 Å². The summed E-state index contributed by atoms with van der Waals surface area (Å²) in [5.74, 6) is 0.883. The highest BCUT2D eigenvalue weighted by Crippen LogP contribution is 2.22. The van der Waals surface area contributed by atoms with Gasteiger partial charge >= 0.3 is 0 Å². The molecule has 1 N–H and O–H groups in total. The van der Waals surface area contributed by atoms with Gasteiger partial charge in [0.1, 0.15) is 11.6 Å². The number of carbonyl (C=O) groups is 1. The molecule has 1 aromatic rings. The van der Waals surface area contributed by atoms with Gasteiger partial charge in [0.15, 0.2) is 0 Å². The summed E-state index contributed by atoms with van der Waals surface area (Å²) in [6.45, 7) is 5.50. The topological polar surface area (TPSA) is 44.8 Å². The molecule has 0 bridgehead atoms. The molecule has 1 aromatic carbocycles. The first kappa shape index (κ1) is 22.0. The Bertz CT molecular complexity index is 563. The monoisotopic (exact) mass is 393 g/mol. The first-order valence-electron chi connectivity index (χ1n) is 8.21. The summed E-state index contributed by atoms with van der Waals surface area (Å²) >= 11 is 0. The fraction of sp³-hybridized carbons (Fsp3) is 0.588. The summed E-state index contributed by atoms with van der Waals surface area (Å²) in [5, 5.41) is 3.24. The number of halogens is 3. The summed E-state index contributed by atoms with van der Waals surface area (Å²) in [7, 11) is 1.60. The zero-order chi connectivity index (χ0) is 16.2. The van der Waals surface area contributed by atoms with Gasteiger partial charge in [0, 0.05) is 44.8 Å². The Kier molecular flexibility index (Phi) is 8.93. The summed E-state index contributed by atoms with van der Waals surface area (Å²) in [6.07, 6.45) is 0.944. The molecule has 1 amide bonds. The lowest BCUT2D eigenvalue weighted by molar-refractivity contribution is -0.136. The second kappa shape index (κ2) is 10.2. The third-order valence-corrected chi connectivity index (χ3v) is 4.73. The van der Waals surface area contributed by atoms with Crippen molar-refractivity contribution < 1.29 is 13.9 Å². The number of piperazine rings is 1. The average molecular weight is 394 g/mol. The Balaban J connectivity index is 0.00000156. The van der Waals surface area contributed by atoms with Crippen molar-refractivity contribution in [1.29, 1.82) is 0 Å². The third kappa shape index (κ3) is 5.45. The third-order valence-electron chi connectivity index (χ3n) is 4.73. The van der Waals surface area contributed by atoms with E-state index < -0.39 is 0 Å². The number of hydrogen-bond acceptors (Lipinski definition) is 4. The van der Waals surface area contributed by atoms with Gasteiger partial charge in [-0.1, -0.05) is 0 Å². The van der Waals surface area contributed by atoms with Gasteiger partial charge in [-0.2, -0.15) is 0 Å². The van der Waals surface area contributed by atoms with Crippen LogP contribution in [-0.4, -0.2) is 62.1 Å². The second-order valence-corrected chi connectivity index (χ2v) is 6.25. The van der Waals surface area contributed by atoms with Crippen molar-refractivity contribution in [2.24, 2.45) is 5.92 Å². The second-order valence-electron chi connectivity index (χ2n) is 6.25. The van der Waals surface area contributed by atoms with Crippen LogP contribution in [0.5, 0.6) is 5.75 Å². The highest BCUT2D eigenvalue weighted by atomic mass is 35.5. The van der Waals surface area contributed by atoms with Crippen LogP contribution < -0.4 is 10.1 Å².